The molecular weight excluding hydrogens is 1240 g/mol. The number of aromatic nitrogens is 8. The summed E-state index contributed by atoms with van der Waals surface area (Å²) in [4.78, 5) is 78.1. The van der Waals surface area contributed by atoms with Crippen molar-refractivity contribution in [1.82, 2.24) is 55.3 Å². The number of halogens is 3. The molecule has 29 nitrogen and oxygen atoms in total. The quantitative estimate of drug-likeness (QED) is 0.00915. The number of hydrogen-bond donors (Lipinski definition) is 5. The fourth-order valence-electron chi connectivity index (χ4n) is 9.44. The third-order valence-corrected chi connectivity index (χ3v) is 14.5. The Kier molecular flexibility index (Phi) is 30.3. The maximum atomic E-state index is 13.8. The van der Waals surface area contributed by atoms with E-state index in [1.54, 1.807) is 10.9 Å². The number of aliphatic hydroxyl groups is 2. The van der Waals surface area contributed by atoms with E-state index in [1.165, 1.54) is 35.4 Å². The van der Waals surface area contributed by atoms with Gasteiger partial charge in [0.15, 0.2) is 17.5 Å². The SMILES string of the molecule is COc1cnc(-n2cnc(C(=O)NCC(CO)(CO)CCCNC(=O)CCOCCOCCOCCOCc3cn(CCOCCOCCOCCOCCC(=O)Oc4c(F)cc(F)cc4F)nn3)n2)c2[nH]cc(C(=O)C(=O)N3CCC(=C(C#N)c4ccccc4)CC3)c12. The van der Waals surface area contributed by atoms with Crippen molar-refractivity contribution in [2.24, 2.45) is 5.41 Å². The molecule has 1 aliphatic heterocycles. The Labute approximate surface area is 538 Å². The molecule has 4 aromatic heterocycles. The second-order valence-electron chi connectivity index (χ2n) is 21.1. The molecule has 1 saturated heterocycles. The van der Waals surface area contributed by atoms with E-state index < -0.39 is 65.4 Å². The van der Waals surface area contributed by atoms with Gasteiger partial charge in [0.1, 0.15) is 23.6 Å². The van der Waals surface area contributed by atoms with Crippen molar-refractivity contribution in [3.05, 3.63) is 113 Å². The van der Waals surface area contributed by atoms with Crippen molar-refractivity contribution >= 4 is 46.0 Å². The van der Waals surface area contributed by atoms with Gasteiger partial charge in [0, 0.05) is 56.3 Å². The highest BCUT2D eigenvalue weighted by Gasteiger charge is 2.32. The average molecular weight is 1320 g/mol. The van der Waals surface area contributed by atoms with E-state index in [-0.39, 0.29) is 125 Å². The van der Waals surface area contributed by atoms with E-state index in [0.717, 1.165) is 11.1 Å². The Morgan fingerprint density at radius 3 is 1.99 bits per heavy atom. The summed E-state index contributed by atoms with van der Waals surface area (Å²) in [7, 11) is 1.40. The molecule has 94 heavy (non-hydrogen) atoms. The zero-order valence-corrected chi connectivity index (χ0v) is 52.0. The number of benzene rings is 2. The highest BCUT2D eigenvalue weighted by molar-refractivity contribution is 6.45. The Balaban J connectivity index is 0.661. The van der Waals surface area contributed by atoms with Crippen LogP contribution in [0.1, 0.15) is 70.8 Å². The van der Waals surface area contributed by atoms with Crippen LogP contribution in [0.2, 0.25) is 0 Å². The van der Waals surface area contributed by atoms with Crippen LogP contribution < -0.4 is 20.1 Å². The zero-order chi connectivity index (χ0) is 66.9. The predicted octanol–water partition coefficient (Wildman–Crippen LogP) is 3.26. The maximum Gasteiger partial charge on any atom is 0.313 e. The first-order valence-corrected chi connectivity index (χ1v) is 30.4. The highest BCUT2D eigenvalue weighted by atomic mass is 19.1. The first kappa shape index (κ1) is 72.8. The Morgan fingerprint density at radius 1 is 0.766 bits per heavy atom. The average Bonchev–Trinajstić information content (AvgIpc) is 1.60. The van der Waals surface area contributed by atoms with Gasteiger partial charge in [-0.2, -0.15) is 9.94 Å². The topological polar surface area (TPSA) is 359 Å². The molecule has 508 valence electrons. The minimum absolute atomic E-state index is 0.0419. The number of esters is 1. The summed E-state index contributed by atoms with van der Waals surface area (Å²) in [5.41, 5.74) is 2.11. The van der Waals surface area contributed by atoms with Crippen LogP contribution in [-0.2, 0) is 65.4 Å². The number of methoxy groups -OCH3 is 1. The van der Waals surface area contributed by atoms with Crippen molar-refractivity contribution in [1.29, 1.82) is 5.26 Å². The van der Waals surface area contributed by atoms with Gasteiger partial charge in [0.25, 0.3) is 17.6 Å². The molecule has 0 unspecified atom stereocenters. The molecule has 3 amide bonds. The third kappa shape index (κ3) is 22.6. The predicted molar refractivity (Wildman–Crippen MR) is 324 cm³/mol. The van der Waals surface area contributed by atoms with Crippen LogP contribution >= 0.6 is 0 Å². The molecular formula is C62H77F3N12O17. The number of aromatic amines is 1. The lowest BCUT2D eigenvalue weighted by Gasteiger charge is -2.29. The summed E-state index contributed by atoms with van der Waals surface area (Å²) in [6, 6.07) is 12.4. The summed E-state index contributed by atoms with van der Waals surface area (Å²) in [6.07, 6.45) is 7.07. The van der Waals surface area contributed by atoms with E-state index in [4.69, 9.17) is 42.6 Å². The number of allylic oxidation sites excluding steroid dienone is 1. The van der Waals surface area contributed by atoms with Crippen LogP contribution in [-0.4, -0.2) is 230 Å². The minimum Gasteiger partial charge on any atom is -0.494 e. The van der Waals surface area contributed by atoms with Crippen molar-refractivity contribution in [3.8, 4) is 23.4 Å². The number of aliphatic hydroxyl groups excluding tert-OH is 2. The van der Waals surface area contributed by atoms with Crippen LogP contribution in [0, 0.1) is 34.2 Å². The Morgan fingerprint density at radius 2 is 1.37 bits per heavy atom. The molecule has 1 fully saturated rings. The number of ether oxygens (including phenoxy) is 10. The molecule has 5 heterocycles. The number of carbonyl (C=O) groups excluding carboxylic acids is 5. The maximum absolute atomic E-state index is 13.8. The molecule has 0 bridgehead atoms. The fourth-order valence-corrected chi connectivity index (χ4v) is 9.44. The first-order chi connectivity index (χ1) is 45.8. The molecule has 32 heteroatoms. The largest absolute Gasteiger partial charge is 0.494 e. The zero-order valence-electron chi connectivity index (χ0n) is 52.0. The second kappa shape index (κ2) is 39.2. The number of hydrogen-bond acceptors (Lipinski definition) is 23. The molecule has 1 aliphatic rings. The van der Waals surface area contributed by atoms with Crippen LogP contribution in [0.15, 0.2) is 73.0 Å². The number of nitriles is 1. The molecule has 0 aliphatic carbocycles. The normalized spacial score (nSPS) is 12.5. The summed E-state index contributed by atoms with van der Waals surface area (Å²) in [6.45, 7) is 4.50. The second-order valence-corrected chi connectivity index (χ2v) is 21.1. The van der Waals surface area contributed by atoms with E-state index >= 15 is 0 Å². The number of likely N-dealkylation sites (tertiary alicyclic amines) is 1. The molecule has 6 aromatic rings. The number of piperidine rings is 1. The first-order valence-electron chi connectivity index (χ1n) is 30.4. The number of pyridine rings is 1. The van der Waals surface area contributed by atoms with E-state index in [0.29, 0.717) is 115 Å². The number of fused-ring (bicyclic) bond motifs is 1. The number of nitrogens with zero attached hydrogens (tertiary/aromatic N) is 9. The smallest absolute Gasteiger partial charge is 0.313 e. The third-order valence-electron chi connectivity index (χ3n) is 14.5. The van der Waals surface area contributed by atoms with E-state index in [9.17, 15) is 52.6 Å². The monoisotopic (exact) mass is 1320 g/mol. The summed E-state index contributed by atoms with van der Waals surface area (Å²) < 4.78 is 97.1. The van der Waals surface area contributed by atoms with Crippen LogP contribution in [0.4, 0.5) is 13.2 Å². The number of H-pyrrole nitrogens is 1. The fraction of sp³-hybridized carbons (Fsp3) is 0.500. The summed E-state index contributed by atoms with van der Waals surface area (Å²) in [5.74, 6) is -8.02. The Bertz CT molecular complexity index is 3440. The molecule has 0 saturated carbocycles. The van der Waals surface area contributed by atoms with Crippen molar-refractivity contribution < 1.29 is 94.7 Å². The van der Waals surface area contributed by atoms with Gasteiger partial charge in [0.05, 0.1) is 180 Å². The summed E-state index contributed by atoms with van der Waals surface area (Å²) >= 11 is 0. The van der Waals surface area contributed by atoms with Crippen molar-refractivity contribution in [3.63, 3.8) is 0 Å². The number of nitrogens with one attached hydrogen (secondary N) is 3. The van der Waals surface area contributed by atoms with Gasteiger partial charge in [-0.05, 0) is 36.8 Å². The number of carbonyl (C=O) groups is 5. The van der Waals surface area contributed by atoms with Gasteiger partial charge < -0.3 is 78.1 Å². The lowest BCUT2D eigenvalue weighted by molar-refractivity contribution is -0.136. The van der Waals surface area contributed by atoms with Crippen LogP contribution in [0.25, 0.3) is 22.3 Å². The molecule has 7 rings (SSSR count). The van der Waals surface area contributed by atoms with E-state index in [2.05, 4.69) is 51.8 Å². The van der Waals surface area contributed by atoms with Gasteiger partial charge in [-0.1, -0.05) is 35.5 Å². The molecule has 0 spiro atoms. The number of Topliss-reactive ketones (excluding diaryl/α,β-unsaturated/α-hetero) is 1. The van der Waals surface area contributed by atoms with Gasteiger partial charge in [-0.15, -0.1) is 10.2 Å². The van der Waals surface area contributed by atoms with Gasteiger partial charge in [0.2, 0.25) is 17.5 Å². The molecule has 0 atom stereocenters. The lowest BCUT2D eigenvalue weighted by atomic mass is 9.84. The number of rotatable bonds is 44. The van der Waals surface area contributed by atoms with Crippen LogP contribution in [0.3, 0.4) is 0 Å². The van der Waals surface area contributed by atoms with Crippen molar-refractivity contribution in [2.45, 2.75) is 51.7 Å². The lowest BCUT2D eigenvalue weighted by Crippen LogP contribution is -2.43. The molecule has 2 aromatic carbocycles. The minimum atomic E-state index is -1.32. The molecule has 5 N–H and O–H groups in total. The number of amides is 3. The standard InChI is InChI=1S/C62H77F3N12O17/c1-85-51-36-69-59(55-54(51)48(35-68-55)56(82)61(84)75-14-8-44(9-15-75)47(34-66)43-6-3-2-4-7-43)77-42-71-58(73-77)60(83)70-39-62(40-78,41-79)12-5-13-67-52(80)10-17-86-20-23-89-28-29-92-30-31-93-38-46-37-76(74-72-46)16-19-88-22-25-91-27-26-90-24-21-87-18-11-53(81)94-57-49(64)32-45(63)33-50(57)65/h2-4,6-7,32-33,35-37,42,68,78-79H,5,8-31,38-41H2,1H3,(H,67,80)(H,70,83). The Hall–Kier alpha value is -8.62. The van der Waals surface area contributed by atoms with Gasteiger partial charge in [-0.25, -0.2) is 27.8 Å². The van der Waals surface area contributed by atoms with Gasteiger partial charge >= 0.3 is 5.97 Å². The molecule has 0 radical (unpaired) electrons. The highest BCUT2D eigenvalue weighted by Crippen LogP contribution is 2.33. The summed E-state index contributed by atoms with van der Waals surface area (Å²) in [5, 5.41) is 48.7. The number of ketones is 1. The van der Waals surface area contributed by atoms with E-state index in [1.807, 2.05) is 30.3 Å². The van der Waals surface area contributed by atoms with Crippen LogP contribution in [0.5, 0.6) is 11.5 Å². The van der Waals surface area contributed by atoms with Crippen molar-refractivity contribution in [2.75, 3.05) is 146 Å². The van der Waals surface area contributed by atoms with Gasteiger partial charge in [-0.3, -0.25) is 24.0 Å².